The number of ketones is 1. The smallest absolute Gasteiger partial charge is 0.244 e. The van der Waals surface area contributed by atoms with Crippen molar-refractivity contribution in [3.05, 3.63) is 59.9 Å². The molecule has 128 valence electrons. The Kier molecular flexibility index (Phi) is 5.19. The molecule has 3 aromatic rings. The van der Waals surface area contributed by atoms with E-state index in [1.54, 1.807) is 36.0 Å². The number of fused-ring (bicyclic) bond motifs is 1. The van der Waals surface area contributed by atoms with Crippen LogP contribution in [0.3, 0.4) is 0 Å². The van der Waals surface area contributed by atoms with Gasteiger partial charge in [-0.2, -0.15) is 11.8 Å². The van der Waals surface area contributed by atoms with Gasteiger partial charge in [0.2, 0.25) is 5.91 Å². The number of aromatic nitrogens is 2. The second-order valence-electron chi connectivity index (χ2n) is 5.72. The maximum atomic E-state index is 12.5. The highest BCUT2D eigenvalue weighted by molar-refractivity contribution is 7.97. The van der Waals surface area contributed by atoms with Crippen molar-refractivity contribution >= 4 is 40.2 Å². The van der Waals surface area contributed by atoms with Gasteiger partial charge < -0.3 is 9.88 Å². The molecule has 0 unspecified atom stereocenters. The highest BCUT2D eigenvalue weighted by Crippen LogP contribution is 2.19. The van der Waals surface area contributed by atoms with Crippen LogP contribution in [-0.4, -0.2) is 27.5 Å². The molecule has 1 amide bonds. The summed E-state index contributed by atoms with van der Waals surface area (Å²) in [5, 5.41) is 2.87. The number of nitrogens with one attached hydrogen (secondary N) is 1. The second-order valence-corrected chi connectivity index (χ2v) is 6.58. The molecule has 0 aliphatic heterocycles. The lowest BCUT2D eigenvalue weighted by atomic mass is 10.1. The van der Waals surface area contributed by atoms with Gasteiger partial charge in [0, 0.05) is 11.3 Å². The number of Topliss-reactive ketones (excluding diaryl/α,β-unsaturated/α-hetero) is 1. The predicted molar refractivity (Wildman–Crippen MR) is 102 cm³/mol. The van der Waals surface area contributed by atoms with Crippen molar-refractivity contribution in [3.63, 3.8) is 0 Å². The summed E-state index contributed by atoms with van der Waals surface area (Å²) in [6, 6.07) is 14.7. The van der Waals surface area contributed by atoms with E-state index in [-0.39, 0.29) is 18.2 Å². The number of benzene rings is 2. The molecule has 0 saturated carbocycles. The number of nitrogens with zero attached hydrogens (tertiary/aromatic N) is 2. The fraction of sp³-hybridized carbons (Fsp3) is 0.211. The lowest BCUT2D eigenvalue weighted by molar-refractivity contribution is -0.116. The molecule has 0 bridgehead atoms. The SMILES string of the molecule is CSCc1nc2ccccc2n1CC(=O)Nc1ccc(C(C)=O)cc1. The van der Waals surface area contributed by atoms with E-state index in [0.717, 1.165) is 22.6 Å². The Bertz CT molecular complexity index is 916. The highest BCUT2D eigenvalue weighted by atomic mass is 32.2. The van der Waals surface area contributed by atoms with E-state index in [4.69, 9.17) is 0 Å². The van der Waals surface area contributed by atoms with Gasteiger partial charge in [-0.25, -0.2) is 4.98 Å². The maximum absolute atomic E-state index is 12.5. The summed E-state index contributed by atoms with van der Waals surface area (Å²) in [6.07, 6.45) is 2.01. The molecule has 0 aliphatic carbocycles. The van der Waals surface area contributed by atoms with E-state index in [9.17, 15) is 9.59 Å². The summed E-state index contributed by atoms with van der Waals surface area (Å²) < 4.78 is 1.95. The molecule has 25 heavy (non-hydrogen) atoms. The number of hydrogen-bond donors (Lipinski definition) is 1. The molecule has 6 heteroatoms. The number of anilines is 1. The second kappa shape index (κ2) is 7.53. The van der Waals surface area contributed by atoms with Gasteiger partial charge >= 0.3 is 0 Å². The van der Waals surface area contributed by atoms with Crippen LogP contribution in [0, 0.1) is 0 Å². The summed E-state index contributed by atoms with van der Waals surface area (Å²) >= 11 is 1.67. The van der Waals surface area contributed by atoms with Crippen LogP contribution in [-0.2, 0) is 17.1 Å². The predicted octanol–water partition coefficient (Wildman–Crippen LogP) is 3.74. The number of imidazole rings is 1. The molecular weight excluding hydrogens is 334 g/mol. The van der Waals surface area contributed by atoms with Gasteiger partial charge in [0.1, 0.15) is 12.4 Å². The van der Waals surface area contributed by atoms with Gasteiger partial charge in [0.05, 0.1) is 16.8 Å². The molecule has 3 rings (SSSR count). The summed E-state index contributed by atoms with van der Waals surface area (Å²) in [6.45, 7) is 1.72. The minimum Gasteiger partial charge on any atom is -0.325 e. The third-order valence-corrected chi connectivity index (χ3v) is 4.43. The van der Waals surface area contributed by atoms with E-state index in [1.165, 1.54) is 6.92 Å². The lowest BCUT2D eigenvalue weighted by Crippen LogP contribution is -2.20. The van der Waals surface area contributed by atoms with Crippen LogP contribution in [0.1, 0.15) is 23.1 Å². The number of carbonyl (C=O) groups excluding carboxylic acids is 2. The van der Waals surface area contributed by atoms with Crippen LogP contribution in [0.5, 0.6) is 0 Å². The van der Waals surface area contributed by atoms with Gasteiger partial charge in [-0.3, -0.25) is 9.59 Å². The van der Waals surface area contributed by atoms with Crippen LogP contribution in [0.4, 0.5) is 5.69 Å². The Hall–Kier alpha value is -2.60. The zero-order valence-corrected chi connectivity index (χ0v) is 15.0. The molecular formula is C19H19N3O2S. The number of amides is 1. The van der Waals surface area contributed by atoms with E-state index in [0.29, 0.717) is 11.3 Å². The summed E-state index contributed by atoms with van der Waals surface area (Å²) in [4.78, 5) is 28.4. The molecule has 0 aliphatic rings. The van der Waals surface area contributed by atoms with Crippen LogP contribution < -0.4 is 5.32 Å². The fourth-order valence-corrected chi connectivity index (χ4v) is 3.15. The molecule has 1 heterocycles. The van der Waals surface area contributed by atoms with Crippen molar-refractivity contribution in [2.45, 2.75) is 19.2 Å². The fourth-order valence-electron chi connectivity index (χ4n) is 2.67. The van der Waals surface area contributed by atoms with Gasteiger partial charge in [0.15, 0.2) is 5.78 Å². The third kappa shape index (κ3) is 3.91. The number of rotatable bonds is 6. The molecule has 0 spiro atoms. The average molecular weight is 353 g/mol. The van der Waals surface area contributed by atoms with Gasteiger partial charge in [0.25, 0.3) is 0 Å². The van der Waals surface area contributed by atoms with E-state index in [1.807, 2.05) is 35.1 Å². The molecule has 0 saturated heterocycles. The van der Waals surface area contributed by atoms with Crippen molar-refractivity contribution in [2.24, 2.45) is 0 Å². The number of thioether (sulfide) groups is 1. The van der Waals surface area contributed by atoms with Crippen molar-refractivity contribution in [1.29, 1.82) is 0 Å². The molecule has 5 nitrogen and oxygen atoms in total. The van der Waals surface area contributed by atoms with Crippen LogP contribution >= 0.6 is 11.8 Å². The van der Waals surface area contributed by atoms with Gasteiger partial charge in [-0.15, -0.1) is 0 Å². The van der Waals surface area contributed by atoms with E-state index >= 15 is 0 Å². The number of para-hydroxylation sites is 2. The molecule has 0 atom stereocenters. The Morgan fingerprint density at radius 1 is 1.12 bits per heavy atom. The molecule has 0 radical (unpaired) electrons. The van der Waals surface area contributed by atoms with E-state index in [2.05, 4.69) is 10.3 Å². The Labute approximate surface area is 150 Å². The maximum Gasteiger partial charge on any atom is 0.244 e. The monoisotopic (exact) mass is 353 g/mol. The van der Waals surface area contributed by atoms with Crippen molar-refractivity contribution < 1.29 is 9.59 Å². The first-order valence-corrected chi connectivity index (χ1v) is 9.32. The quantitative estimate of drug-likeness (QED) is 0.686. The molecule has 1 aromatic heterocycles. The minimum atomic E-state index is -0.124. The summed E-state index contributed by atoms with van der Waals surface area (Å²) in [5.41, 5.74) is 3.14. The topological polar surface area (TPSA) is 64.0 Å². The Morgan fingerprint density at radius 3 is 2.52 bits per heavy atom. The van der Waals surface area contributed by atoms with Gasteiger partial charge in [-0.1, -0.05) is 12.1 Å². The van der Waals surface area contributed by atoms with Crippen molar-refractivity contribution in [1.82, 2.24) is 9.55 Å². The number of carbonyl (C=O) groups is 2. The first-order chi connectivity index (χ1) is 12.1. The first kappa shape index (κ1) is 17.2. The average Bonchev–Trinajstić information content (AvgIpc) is 2.93. The Balaban J connectivity index is 1.79. The zero-order chi connectivity index (χ0) is 17.8. The van der Waals surface area contributed by atoms with Gasteiger partial charge in [-0.05, 0) is 49.6 Å². The normalized spacial score (nSPS) is 10.8. The number of hydrogen-bond acceptors (Lipinski definition) is 4. The first-order valence-electron chi connectivity index (χ1n) is 7.92. The third-order valence-electron chi connectivity index (χ3n) is 3.88. The minimum absolute atomic E-state index is 0.00414. The Morgan fingerprint density at radius 2 is 1.84 bits per heavy atom. The molecule has 2 aromatic carbocycles. The van der Waals surface area contributed by atoms with Crippen LogP contribution in [0.15, 0.2) is 48.5 Å². The summed E-state index contributed by atoms with van der Waals surface area (Å²) in [7, 11) is 0. The highest BCUT2D eigenvalue weighted by Gasteiger charge is 2.13. The zero-order valence-electron chi connectivity index (χ0n) is 14.2. The van der Waals surface area contributed by atoms with Crippen molar-refractivity contribution in [3.8, 4) is 0 Å². The standard InChI is InChI=1S/C19H19N3O2S/c1-13(23)14-7-9-15(10-8-14)20-19(24)11-22-17-6-4-3-5-16(17)21-18(22)12-25-2/h3-10H,11-12H2,1-2H3,(H,20,24). The molecule has 1 N–H and O–H groups in total. The summed E-state index contributed by atoms with van der Waals surface area (Å²) in [5.74, 6) is 1.51. The van der Waals surface area contributed by atoms with Crippen LogP contribution in [0.2, 0.25) is 0 Å². The van der Waals surface area contributed by atoms with E-state index < -0.39 is 0 Å². The van der Waals surface area contributed by atoms with Crippen molar-refractivity contribution in [2.75, 3.05) is 11.6 Å². The lowest BCUT2D eigenvalue weighted by Gasteiger charge is -2.10. The largest absolute Gasteiger partial charge is 0.325 e. The van der Waals surface area contributed by atoms with Crippen LogP contribution in [0.25, 0.3) is 11.0 Å². The molecule has 0 fully saturated rings.